The Morgan fingerprint density at radius 1 is 1.09 bits per heavy atom. The molecule has 1 fully saturated rings. The van der Waals surface area contributed by atoms with Crippen molar-refractivity contribution in [3.8, 4) is 0 Å². The second kappa shape index (κ2) is 6.34. The Morgan fingerprint density at radius 3 is 2.45 bits per heavy atom. The summed E-state index contributed by atoms with van der Waals surface area (Å²) in [6.07, 6.45) is 1.77. The molecule has 3 nitrogen and oxygen atoms in total. The molecule has 0 saturated carbocycles. The van der Waals surface area contributed by atoms with Crippen molar-refractivity contribution < 1.29 is 9.18 Å². The summed E-state index contributed by atoms with van der Waals surface area (Å²) in [4.78, 5) is 16.8. The molecule has 0 unspecified atom stereocenters. The lowest BCUT2D eigenvalue weighted by atomic mass is 10.2. The Labute approximate surface area is 135 Å². The number of nitrogens with zero attached hydrogens (tertiary/aromatic N) is 1. The fraction of sp³-hybridized carbons (Fsp3) is 0. The van der Waals surface area contributed by atoms with E-state index in [1.54, 1.807) is 30.3 Å². The Kier molecular flexibility index (Phi) is 4.27. The summed E-state index contributed by atoms with van der Waals surface area (Å²) in [6, 6.07) is 12.9. The molecule has 1 amide bonds. The van der Waals surface area contributed by atoms with Gasteiger partial charge in [0.15, 0.2) is 5.17 Å². The van der Waals surface area contributed by atoms with E-state index in [2.05, 4.69) is 10.3 Å². The van der Waals surface area contributed by atoms with Gasteiger partial charge in [-0.05, 0) is 59.8 Å². The molecule has 2 aromatic rings. The molecule has 0 aromatic heterocycles. The van der Waals surface area contributed by atoms with Gasteiger partial charge in [-0.2, -0.15) is 0 Å². The lowest BCUT2D eigenvalue weighted by Crippen LogP contribution is -2.19. The Balaban J connectivity index is 1.80. The number of thioether (sulfide) groups is 1. The zero-order chi connectivity index (χ0) is 15.5. The number of hydrogen-bond donors (Lipinski definition) is 1. The highest BCUT2D eigenvalue weighted by Gasteiger charge is 2.23. The first-order chi connectivity index (χ1) is 10.6. The highest BCUT2D eigenvalue weighted by atomic mass is 35.5. The molecule has 6 heteroatoms. The van der Waals surface area contributed by atoms with E-state index in [0.717, 1.165) is 5.56 Å². The monoisotopic (exact) mass is 332 g/mol. The Morgan fingerprint density at radius 2 is 1.77 bits per heavy atom. The van der Waals surface area contributed by atoms with Crippen LogP contribution in [0, 0.1) is 5.82 Å². The van der Waals surface area contributed by atoms with Gasteiger partial charge in [0.2, 0.25) is 0 Å². The van der Waals surface area contributed by atoms with Crippen LogP contribution in [0.1, 0.15) is 5.56 Å². The van der Waals surface area contributed by atoms with Crippen LogP contribution in [0.25, 0.3) is 6.08 Å². The van der Waals surface area contributed by atoms with Crippen LogP contribution >= 0.6 is 23.4 Å². The fourth-order valence-corrected chi connectivity index (χ4v) is 2.79. The average Bonchev–Trinajstić information content (AvgIpc) is 2.84. The van der Waals surface area contributed by atoms with Gasteiger partial charge in [-0.25, -0.2) is 9.38 Å². The molecule has 0 atom stereocenters. The van der Waals surface area contributed by atoms with E-state index in [1.807, 2.05) is 12.1 Å². The molecule has 1 saturated heterocycles. The van der Waals surface area contributed by atoms with Crippen LogP contribution in [-0.2, 0) is 4.79 Å². The summed E-state index contributed by atoms with van der Waals surface area (Å²) >= 11 is 7.07. The summed E-state index contributed by atoms with van der Waals surface area (Å²) in [6.45, 7) is 0. The number of hydrogen-bond acceptors (Lipinski definition) is 3. The smallest absolute Gasteiger partial charge is 0.264 e. The van der Waals surface area contributed by atoms with Gasteiger partial charge in [-0.15, -0.1) is 0 Å². The van der Waals surface area contributed by atoms with Crippen molar-refractivity contribution in [3.63, 3.8) is 0 Å². The molecule has 1 N–H and O–H groups in total. The minimum Gasteiger partial charge on any atom is -0.300 e. The fourth-order valence-electron chi connectivity index (χ4n) is 1.82. The van der Waals surface area contributed by atoms with Crippen molar-refractivity contribution in [1.29, 1.82) is 0 Å². The predicted octanol–water partition coefficient (Wildman–Crippen LogP) is 4.37. The van der Waals surface area contributed by atoms with Crippen LogP contribution in [0.4, 0.5) is 10.1 Å². The van der Waals surface area contributed by atoms with Crippen LogP contribution < -0.4 is 5.32 Å². The van der Waals surface area contributed by atoms with E-state index in [0.29, 0.717) is 20.8 Å². The molecule has 0 radical (unpaired) electrons. The molecule has 2 aromatic carbocycles. The maximum Gasteiger partial charge on any atom is 0.264 e. The van der Waals surface area contributed by atoms with Crippen molar-refractivity contribution in [2.24, 2.45) is 4.99 Å². The molecule has 3 rings (SSSR count). The SMILES string of the molecule is O=C1NC(=Nc2ccc(F)cc2)S/C1=C\c1ccc(Cl)cc1. The molecule has 0 bridgehead atoms. The van der Waals surface area contributed by atoms with Crippen molar-refractivity contribution >= 4 is 46.2 Å². The number of benzene rings is 2. The molecule has 110 valence electrons. The van der Waals surface area contributed by atoms with Crippen LogP contribution in [0.15, 0.2) is 58.4 Å². The minimum atomic E-state index is -0.324. The standard InChI is InChI=1S/C16H10ClFN2OS/c17-11-3-1-10(2-4-11)9-14-15(21)20-16(22-14)19-13-7-5-12(18)6-8-13/h1-9H,(H,19,20,21)/b14-9-. The van der Waals surface area contributed by atoms with E-state index in [9.17, 15) is 9.18 Å². The third kappa shape index (κ3) is 3.55. The topological polar surface area (TPSA) is 41.5 Å². The normalized spacial score (nSPS) is 18.0. The number of nitrogens with one attached hydrogen (secondary N) is 1. The number of halogens is 2. The first kappa shape index (κ1) is 14.8. The molecule has 0 aliphatic carbocycles. The lowest BCUT2D eigenvalue weighted by Gasteiger charge is -1.96. The van der Waals surface area contributed by atoms with E-state index >= 15 is 0 Å². The van der Waals surface area contributed by atoms with Crippen LogP contribution in [0.2, 0.25) is 5.02 Å². The van der Waals surface area contributed by atoms with Crippen LogP contribution in [-0.4, -0.2) is 11.1 Å². The number of carbonyl (C=O) groups is 1. The highest BCUT2D eigenvalue weighted by molar-refractivity contribution is 8.18. The molecule has 1 aliphatic rings. The summed E-state index contributed by atoms with van der Waals surface area (Å²) in [5, 5.41) is 3.80. The lowest BCUT2D eigenvalue weighted by molar-refractivity contribution is -0.115. The highest BCUT2D eigenvalue weighted by Crippen LogP contribution is 2.28. The molecule has 0 spiro atoms. The van der Waals surface area contributed by atoms with Crippen molar-refractivity contribution in [1.82, 2.24) is 5.32 Å². The first-order valence-corrected chi connectivity index (χ1v) is 7.60. The number of carbonyl (C=O) groups excluding carboxylic acids is 1. The van der Waals surface area contributed by atoms with Gasteiger partial charge in [-0.3, -0.25) is 4.79 Å². The largest absolute Gasteiger partial charge is 0.300 e. The van der Waals surface area contributed by atoms with Gasteiger partial charge in [-0.1, -0.05) is 23.7 Å². The van der Waals surface area contributed by atoms with Gasteiger partial charge in [0.05, 0.1) is 10.6 Å². The van der Waals surface area contributed by atoms with Crippen molar-refractivity contribution in [3.05, 3.63) is 69.8 Å². The number of amides is 1. The number of amidine groups is 1. The maximum absolute atomic E-state index is 12.9. The van der Waals surface area contributed by atoms with Crippen LogP contribution in [0.5, 0.6) is 0 Å². The second-order valence-corrected chi connectivity index (χ2v) is 5.98. The molecular weight excluding hydrogens is 323 g/mol. The molecule has 22 heavy (non-hydrogen) atoms. The molecule has 1 heterocycles. The number of aliphatic imine (C=N–C) groups is 1. The zero-order valence-corrected chi connectivity index (χ0v) is 12.8. The van der Waals surface area contributed by atoms with Gasteiger partial charge < -0.3 is 5.32 Å². The van der Waals surface area contributed by atoms with Gasteiger partial charge in [0.1, 0.15) is 5.82 Å². The van der Waals surface area contributed by atoms with Gasteiger partial charge in [0, 0.05) is 5.02 Å². The van der Waals surface area contributed by atoms with E-state index in [1.165, 1.54) is 23.9 Å². The second-order valence-electron chi connectivity index (χ2n) is 4.51. The third-order valence-electron chi connectivity index (χ3n) is 2.88. The minimum absolute atomic E-state index is 0.208. The maximum atomic E-state index is 12.9. The van der Waals surface area contributed by atoms with Crippen molar-refractivity contribution in [2.45, 2.75) is 0 Å². The number of rotatable bonds is 2. The van der Waals surface area contributed by atoms with E-state index < -0.39 is 0 Å². The quantitative estimate of drug-likeness (QED) is 0.830. The van der Waals surface area contributed by atoms with Crippen LogP contribution in [0.3, 0.4) is 0 Å². The summed E-state index contributed by atoms with van der Waals surface area (Å²) in [5.41, 5.74) is 1.46. The molecule has 1 aliphatic heterocycles. The third-order valence-corrected chi connectivity index (χ3v) is 4.04. The van der Waals surface area contributed by atoms with Gasteiger partial charge >= 0.3 is 0 Å². The van der Waals surface area contributed by atoms with E-state index in [4.69, 9.17) is 11.6 Å². The van der Waals surface area contributed by atoms with E-state index in [-0.39, 0.29) is 11.7 Å². The summed E-state index contributed by atoms with van der Waals surface area (Å²) < 4.78 is 12.9. The summed E-state index contributed by atoms with van der Waals surface area (Å²) in [7, 11) is 0. The Bertz CT molecular complexity index is 770. The van der Waals surface area contributed by atoms with Gasteiger partial charge in [0.25, 0.3) is 5.91 Å². The summed E-state index contributed by atoms with van der Waals surface area (Å²) in [5.74, 6) is -0.531. The molecular formula is C16H10ClFN2OS. The predicted molar refractivity (Wildman–Crippen MR) is 88.7 cm³/mol. The zero-order valence-electron chi connectivity index (χ0n) is 11.2. The first-order valence-electron chi connectivity index (χ1n) is 6.41. The Hall–Kier alpha value is -2.11. The average molecular weight is 333 g/mol. The van der Waals surface area contributed by atoms with Crippen molar-refractivity contribution in [2.75, 3.05) is 0 Å².